The molecule has 1 aliphatic heterocycles. The van der Waals surface area contributed by atoms with E-state index >= 15 is 0 Å². The molecule has 0 bridgehead atoms. The maximum atomic E-state index is 13.2. The number of amides is 1. The average Bonchev–Trinajstić information content (AvgIpc) is 3.26. The van der Waals surface area contributed by atoms with Gasteiger partial charge in [-0.15, -0.1) is 0 Å². The van der Waals surface area contributed by atoms with E-state index in [4.69, 9.17) is 0 Å². The Kier molecular flexibility index (Phi) is 5.08. The summed E-state index contributed by atoms with van der Waals surface area (Å²) in [6.45, 7) is 5.78. The number of carbonyl (C=O) groups is 1. The van der Waals surface area contributed by atoms with E-state index in [1.54, 1.807) is 16.8 Å². The summed E-state index contributed by atoms with van der Waals surface area (Å²) in [5, 5.41) is 22.0. The van der Waals surface area contributed by atoms with Crippen LogP contribution in [0.4, 0.5) is 5.69 Å². The first-order valence-corrected chi connectivity index (χ1v) is 10.00. The van der Waals surface area contributed by atoms with Gasteiger partial charge in [-0.3, -0.25) is 9.48 Å². The van der Waals surface area contributed by atoms with E-state index in [0.717, 1.165) is 36.7 Å². The summed E-state index contributed by atoms with van der Waals surface area (Å²) in [6.07, 6.45) is 6.08. The molecule has 148 valence electrons. The van der Waals surface area contributed by atoms with Crippen molar-refractivity contribution in [3.05, 3.63) is 59.9 Å². The minimum absolute atomic E-state index is 0.146. The van der Waals surface area contributed by atoms with Crippen LogP contribution in [0.2, 0.25) is 0 Å². The Labute approximate surface area is 170 Å². The summed E-state index contributed by atoms with van der Waals surface area (Å²) >= 11 is 0. The molecule has 2 aromatic carbocycles. The third-order valence-electron chi connectivity index (χ3n) is 5.83. The van der Waals surface area contributed by atoms with E-state index in [2.05, 4.69) is 21.8 Å². The van der Waals surface area contributed by atoms with Crippen molar-refractivity contribution in [3.8, 4) is 6.07 Å². The molecule has 2 heterocycles. The molecule has 0 spiro atoms. The fraction of sp³-hybridized carbons (Fsp3) is 0.348. The van der Waals surface area contributed by atoms with Crippen LogP contribution in [-0.4, -0.2) is 28.8 Å². The van der Waals surface area contributed by atoms with Crippen LogP contribution in [0.1, 0.15) is 43.7 Å². The number of nitrogens with zero attached hydrogens (tertiary/aromatic N) is 3. The molecule has 0 saturated carbocycles. The van der Waals surface area contributed by atoms with Gasteiger partial charge in [0.25, 0.3) is 5.91 Å². The van der Waals surface area contributed by atoms with Gasteiger partial charge >= 0.3 is 0 Å². The zero-order valence-corrected chi connectivity index (χ0v) is 16.8. The Hall–Kier alpha value is -3.17. The van der Waals surface area contributed by atoms with Gasteiger partial charge in [-0.05, 0) is 63.4 Å². The molecule has 6 nitrogen and oxygen atoms in total. The average molecular weight is 387 g/mol. The lowest BCUT2D eigenvalue weighted by Gasteiger charge is -2.25. The third-order valence-corrected chi connectivity index (χ3v) is 5.83. The molecule has 1 amide bonds. The van der Waals surface area contributed by atoms with Crippen molar-refractivity contribution in [1.82, 2.24) is 15.1 Å². The van der Waals surface area contributed by atoms with Crippen LogP contribution in [0.5, 0.6) is 0 Å². The molecule has 3 aromatic rings. The number of fused-ring (bicyclic) bond motifs is 1. The predicted molar refractivity (Wildman–Crippen MR) is 114 cm³/mol. The van der Waals surface area contributed by atoms with Gasteiger partial charge in [0.2, 0.25) is 0 Å². The first-order chi connectivity index (χ1) is 14.0. The molecule has 1 saturated heterocycles. The molecule has 0 unspecified atom stereocenters. The minimum Gasteiger partial charge on any atom is -0.323 e. The van der Waals surface area contributed by atoms with Gasteiger partial charge in [0.05, 0.1) is 17.8 Å². The lowest BCUT2D eigenvalue weighted by Crippen LogP contribution is -2.40. The molecule has 0 radical (unpaired) electrons. The molecule has 29 heavy (non-hydrogen) atoms. The predicted octanol–water partition coefficient (Wildman–Crippen LogP) is 3.75. The van der Waals surface area contributed by atoms with Crippen LogP contribution in [0.3, 0.4) is 0 Å². The lowest BCUT2D eigenvalue weighted by molar-refractivity contribution is -0.123. The molecule has 0 atom stereocenters. The molecule has 4 rings (SSSR count). The van der Waals surface area contributed by atoms with Crippen LogP contribution in [0.15, 0.2) is 48.8 Å². The Balaban J connectivity index is 1.59. The van der Waals surface area contributed by atoms with Crippen LogP contribution in [-0.2, 0) is 10.3 Å². The van der Waals surface area contributed by atoms with E-state index in [1.165, 1.54) is 5.56 Å². The number of benzene rings is 2. The third kappa shape index (κ3) is 3.62. The molecular formula is C23H25N5O. The number of nitrogens with one attached hydrogen (secondary N) is 2. The second kappa shape index (κ2) is 7.69. The number of anilines is 1. The van der Waals surface area contributed by atoms with Gasteiger partial charge in [-0.1, -0.05) is 24.3 Å². The highest BCUT2D eigenvalue weighted by molar-refractivity contribution is 6.05. The number of rotatable bonds is 4. The van der Waals surface area contributed by atoms with Crippen molar-refractivity contribution in [2.24, 2.45) is 0 Å². The summed E-state index contributed by atoms with van der Waals surface area (Å²) in [7, 11) is 0. The second-order valence-electron chi connectivity index (χ2n) is 8.07. The highest BCUT2D eigenvalue weighted by atomic mass is 16.2. The number of nitriles is 1. The van der Waals surface area contributed by atoms with Crippen LogP contribution in [0, 0.1) is 11.3 Å². The zero-order valence-electron chi connectivity index (χ0n) is 16.8. The quantitative estimate of drug-likeness (QED) is 0.714. The topological polar surface area (TPSA) is 82.7 Å². The smallest absolute Gasteiger partial charge is 0.251 e. The van der Waals surface area contributed by atoms with Crippen molar-refractivity contribution < 1.29 is 4.79 Å². The van der Waals surface area contributed by atoms with Crippen molar-refractivity contribution in [2.45, 2.75) is 38.1 Å². The number of carbonyl (C=O) groups excluding carboxylic acids is 1. The van der Waals surface area contributed by atoms with Gasteiger partial charge < -0.3 is 10.6 Å². The number of hydrogen-bond acceptors (Lipinski definition) is 4. The van der Waals surface area contributed by atoms with Crippen LogP contribution < -0.4 is 10.6 Å². The maximum Gasteiger partial charge on any atom is 0.251 e. The van der Waals surface area contributed by atoms with E-state index in [-0.39, 0.29) is 5.91 Å². The first kappa shape index (κ1) is 19.2. The monoisotopic (exact) mass is 387 g/mol. The highest BCUT2D eigenvalue weighted by Crippen LogP contribution is 2.29. The zero-order chi connectivity index (χ0) is 20.4. The van der Waals surface area contributed by atoms with E-state index < -0.39 is 5.54 Å². The molecule has 1 aromatic heterocycles. The van der Waals surface area contributed by atoms with Gasteiger partial charge in [0.1, 0.15) is 5.54 Å². The van der Waals surface area contributed by atoms with Crippen molar-refractivity contribution in [3.63, 3.8) is 0 Å². The summed E-state index contributed by atoms with van der Waals surface area (Å²) < 4.78 is 1.76. The molecule has 1 aliphatic rings. The summed E-state index contributed by atoms with van der Waals surface area (Å²) in [6, 6.07) is 13.4. The number of piperidine rings is 1. The lowest BCUT2D eigenvalue weighted by atomic mass is 9.92. The summed E-state index contributed by atoms with van der Waals surface area (Å²) in [5.41, 5.74) is 1.64. The van der Waals surface area contributed by atoms with E-state index in [0.29, 0.717) is 17.2 Å². The molecular weight excluding hydrogens is 362 g/mol. The molecule has 6 heteroatoms. The maximum absolute atomic E-state index is 13.2. The molecule has 1 fully saturated rings. The summed E-state index contributed by atoms with van der Waals surface area (Å²) in [5.74, 6) is 0.346. The summed E-state index contributed by atoms with van der Waals surface area (Å²) in [4.78, 5) is 13.2. The Morgan fingerprint density at radius 2 is 1.93 bits per heavy atom. The molecule has 2 N–H and O–H groups in total. The second-order valence-corrected chi connectivity index (χ2v) is 8.07. The largest absolute Gasteiger partial charge is 0.323 e. The Morgan fingerprint density at radius 1 is 1.21 bits per heavy atom. The van der Waals surface area contributed by atoms with E-state index in [9.17, 15) is 10.1 Å². The minimum atomic E-state index is -0.847. The standard InChI is InChI=1S/C23H25N5O/c1-23(2,28-15-18(14-26-28)16-9-11-25-12-10-16)22(29)27-21-8-7-17(13-24)19-5-3-4-6-20(19)21/h3-8,14-16,25H,9-12H2,1-2H3,(H,27,29). The normalized spacial score (nSPS) is 15.2. The fourth-order valence-electron chi connectivity index (χ4n) is 3.89. The Morgan fingerprint density at radius 3 is 2.66 bits per heavy atom. The van der Waals surface area contributed by atoms with Gasteiger partial charge in [-0.25, -0.2) is 0 Å². The number of hydrogen-bond donors (Lipinski definition) is 2. The van der Waals surface area contributed by atoms with Crippen molar-refractivity contribution in [2.75, 3.05) is 18.4 Å². The fourth-order valence-corrected chi connectivity index (χ4v) is 3.89. The van der Waals surface area contributed by atoms with Gasteiger partial charge in [-0.2, -0.15) is 10.4 Å². The SMILES string of the molecule is CC(C)(C(=O)Nc1ccc(C#N)c2ccccc12)n1cc(C2CCNCC2)cn1. The van der Waals surface area contributed by atoms with Crippen LogP contribution in [0.25, 0.3) is 10.8 Å². The van der Waals surface area contributed by atoms with Crippen molar-refractivity contribution in [1.29, 1.82) is 5.26 Å². The van der Waals surface area contributed by atoms with Gasteiger partial charge in [0.15, 0.2) is 0 Å². The number of aromatic nitrogens is 2. The van der Waals surface area contributed by atoms with E-state index in [1.807, 2.05) is 50.5 Å². The van der Waals surface area contributed by atoms with Crippen molar-refractivity contribution >= 4 is 22.4 Å². The molecule has 0 aliphatic carbocycles. The first-order valence-electron chi connectivity index (χ1n) is 10.00. The highest BCUT2D eigenvalue weighted by Gasteiger charge is 2.32. The van der Waals surface area contributed by atoms with Crippen LogP contribution >= 0.6 is 0 Å². The Bertz CT molecular complexity index is 1090. The van der Waals surface area contributed by atoms with Gasteiger partial charge in [0, 0.05) is 22.7 Å².